The van der Waals surface area contributed by atoms with Crippen LogP contribution in [0.3, 0.4) is 0 Å². The Morgan fingerprint density at radius 2 is 2.23 bits per heavy atom. The summed E-state index contributed by atoms with van der Waals surface area (Å²) in [6.45, 7) is -3.00. The third-order valence-electron chi connectivity index (χ3n) is 1.22. The number of nitriles is 1. The zero-order valence-corrected chi connectivity index (χ0v) is 6.25. The molecule has 4 nitrogen and oxygen atoms in total. The van der Waals surface area contributed by atoms with E-state index in [0.29, 0.717) is 0 Å². The Hall–Kier alpha value is -1.90. The van der Waals surface area contributed by atoms with E-state index in [2.05, 4.69) is 4.74 Å². The van der Waals surface area contributed by atoms with Crippen LogP contribution in [-0.4, -0.2) is 11.6 Å². The van der Waals surface area contributed by atoms with Gasteiger partial charge in [0.25, 0.3) is 5.56 Å². The first-order valence-corrected chi connectivity index (χ1v) is 3.21. The van der Waals surface area contributed by atoms with Crippen LogP contribution in [0.2, 0.25) is 0 Å². The van der Waals surface area contributed by atoms with E-state index in [4.69, 9.17) is 5.26 Å². The van der Waals surface area contributed by atoms with Crippen molar-refractivity contribution in [3.05, 3.63) is 28.0 Å². The summed E-state index contributed by atoms with van der Waals surface area (Å²) in [5, 5.41) is 8.33. The summed E-state index contributed by atoms with van der Waals surface area (Å²) in [6.07, 6.45) is 0. The Kier molecular flexibility index (Phi) is 2.59. The Balaban J connectivity index is 2.98. The zero-order valence-electron chi connectivity index (χ0n) is 6.25. The molecule has 0 saturated carbocycles. The van der Waals surface area contributed by atoms with Gasteiger partial charge >= 0.3 is 6.61 Å². The maximum absolute atomic E-state index is 11.6. The SMILES string of the molecule is N#Cc1ccc(OC(F)F)[nH]c1=O. The number of ether oxygens (including phenoxy) is 1. The van der Waals surface area contributed by atoms with Crippen LogP contribution in [0.5, 0.6) is 5.88 Å². The van der Waals surface area contributed by atoms with Gasteiger partial charge in [0.05, 0.1) is 0 Å². The number of nitrogens with zero attached hydrogens (tertiary/aromatic N) is 1. The van der Waals surface area contributed by atoms with Gasteiger partial charge in [0.15, 0.2) is 5.88 Å². The lowest BCUT2D eigenvalue weighted by molar-refractivity contribution is -0.0529. The highest BCUT2D eigenvalue weighted by atomic mass is 19.3. The third kappa shape index (κ3) is 2.27. The molecule has 6 heteroatoms. The second-order valence-corrected chi connectivity index (χ2v) is 2.06. The molecule has 1 N–H and O–H groups in total. The molecule has 1 aromatic rings. The van der Waals surface area contributed by atoms with E-state index in [1.54, 1.807) is 6.07 Å². The number of aromatic amines is 1. The van der Waals surface area contributed by atoms with E-state index in [-0.39, 0.29) is 11.4 Å². The molecule has 0 spiro atoms. The van der Waals surface area contributed by atoms with Gasteiger partial charge in [-0.05, 0) is 6.07 Å². The number of H-pyrrole nitrogens is 1. The Bertz CT molecular complexity index is 394. The number of hydrogen-bond donors (Lipinski definition) is 1. The number of nitrogens with one attached hydrogen (secondary N) is 1. The molecule has 0 fully saturated rings. The third-order valence-corrected chi connectivity index (χ3v) is 1.22. The highest BCUT2D eigenvalue weighted by Gasteiger charge is 2.05. The number of aromatic nitrogens is 1. The normalized spacial score (nSPS) is 9.69. The molecule has 13 heavy (non-hydrogen) atoms. The molecule has 0 unspecified atom stereocenters. The van der Waals surface area contributed by atoms with Gasteiger partial charge in [0.2, 0.25) is 0 Å². The smallest absolute Gasteiger partial charge is 0.388 e. The summed E-state index contributed by atoms with van der Waals surface area (Å²) in [6, 6.07) is 3.79. The monoisotopic (exact) mass is 186 g/mol. The first-order valence-electron chi connectivity index (χ1n) is 3.21. The predicted octanol–water partition coefficient (Wildman–Crippen LogP) is 0.848. The maximum Gasteiger partial charge on any atom is 0.388 e. The topological polar surface area (TPSA) is 65.9 Å². The van der Waals surface area contributed by atoms with Gasteiger partial charge in [-0.1, -0.05) is 0 Å². The van der Waals surface area contributed by atoms with Crippen molar-refractivity contribution in [2.75, 3.05) is 0 Å². The molecule has 1 rings (SSSR count). The van der Waals surface area contributed by atoms with E-state index in [9.17, 15) is 13.6 Å². The van der Waals surface area contributed by atoms with Crippen molar-refractivity contribution in [2.45, 2.75) is 6.61 Å². The van der Waals surface area contributed by atoms with Crippen molar-refractivity contribution >= 4 is 0 Å². The van der Waals surface area contributed by atoms with Crippen molar-refractivity contribution in [3.8, 4) is 11.9 Å². The first kappa shape index (κ1) is 9.19. The minimum absolute atomic E-state index is 0.151. The second-order valence-electron chi connectivity index (χ2n) is 2.06. The van der Waals surface area contributed by atoms with E-state index < -0.39 is 12.2 Å². The van der Waals surface area contributed by atoms with Crippen LogP contribution >= 0.6 is 0 Å². The van der Waals surface area contributed by atoms with Crippen LogP contribution in [0.15, 0.2) is 16.9 Å². The molecule has 68 valence electrons. The molecule has 1 heterocycles. The van der Waals surface area contributed by atoms with Gasteiger partial charge in [-0.3, -0.25) is 9.78 Å². The van der Waals surface area contributed by atoms with Crippen LogP contribution in [0.1, 0.15) is 5.56 Å². The summed E-state index contributed by atoms with van der Waals surface area (Å²) in [4.78, 5) is 12.8. The second kappa shape index (κ2) is 3.67. The number of pyridine rings is 1. The summed E-state index contributed by atoms with van der Waals surface area (Å²) in [5.74, 6) is -0.362. The summed E-state index contributed by atoms with van der Waals surface area (Å²) in [5.41, 5.74) is -0.901. The lowest BCUT2D eigenvalue weighted by Gasteiger charge is -2.02. The van der Waals surface area contributed by atoms with E-state index >= 15 is 0 Å². The van der Waals surface area contributed by atoms with Crippen molar-refractivity contribution in [1.29, 1.82) is 5.26 Å². The van der Waals surface area contributed by atoms with E-state index in [1.807, 2.05) is 4.98 Å². The quantitative estimate of drug-likeness (QED) is 0.744. The van der Waals surface area contributed by atoms with Crippen LogP contribution in [-0.2, 0) is 0 Å². The molecule has 0 bridgehead atoms. The molecule has 0 aliphatic rings. The maximum atomic E-state index is 11.6. The van der Waals surface area contributed by atoms with Crippen LogP contribution in [0.4, 0.5) is 8.78 Å². The summed E-state index contributed by atoms with van der Waals surface area (Å²) < 4.78 is 27.1. The van der Waals surface area contributed by atoms with Crippen molar-refractivity contribution in [2.24, 2.45) is 0 Å². The molecule has 0 amide bonds. The Labute approximate surface area is 71.4 Å². The van der Waals surface area contributed by atoms with Crippen molar-refractivity contribution in [1.82, 2.24) is 4.98 Å². The first-order chi connectivity index (χ1) is 6.13. The Morgan fingerprint density at radius 1 is 1.54 bits per heavy atom. The zero-order chi connectivity index (χ0) is 9.84. The largest absolute Gasteiger partial charge is 0.419 e. The number of alkyl halides is 2. The molecule has 0 saturated heterocycles. The summed E-state index contributed by atoms with van der Waals surface area (Å²) >= 11 is 0. The number of hydrogen-bond acceptors (Lipinski definition) is 3. The molecule has 0 atom stereocenters. The van der Waals surface area contributed by atoms with Crippen LogP contribution < -0.4 is 10.3 Å². The van der Waals surface area contributed by atoms with Gasteiger partial charge in [-0.2, -0.15) is 14.0 Å². The fourth-order valence-electron chi connectivity index (χ4n) is 0.708. The number of halogens is 2. The van der Waals surface area contributed by atoms with Crippen LogP contribution in [0.25, 0.3) is 0 Å². The van der Waals surface area contributed by atoms with Gasteiger partial charge in [-0.15, -0.1) is 0 Å². The lowest BCUT2D eigenvalue weighted by Crippen LogP contribution is -2.13. The molecular weight excluding hydrogens is 182 g/mol. The van der Waals surface area contributed by atoms with Crippen LogP contribution in [0, 0.1) is 11.3 Å². The average Bonchev–Trinajstić information content (AvgIpc) is 2.03. The van der Waals surface area contributed by atoms with Gasteiger partial charge in [0.1, 0.15) is 11.6 Å². The van der Waals surface area contributed by atoms with E-state index in [0.717, 1.165) is 12.1 Å². The molecule has 0 aliphatic heterocycles. The fourth-order valence-corrected chi connectivity index (χ4v) is 0.708. The van der Waals surface area contributed by atoms with Crippen molar-refractivity contribution in [3.63, 3.8) is 0 Å². The minimum Gasteiger partial charge on any atom is -0.419 e. The van der Waals surface area contributed by atoms with Gasteiger partial charge < -0.3 is 4.74 Å². The highest BCUT2D eigenvalue weighted by molar-refractivity contribution is 5.28. The fraction of sp³-hybridized carbons (Fsp3) is 0.143. The highest BCUT2D eigenvalue weighted by Crippen LogP contribution is 2.07. The van der Waals surface area contributed by atoms with Crippen molar-refractivity contribution < 1.29 is 13.5 Å². The Morgan fingerprint density at radius 3 is 2.69 bits per heavy atom. The van der Waals surface area contributed by atoms with Gasteiger partial charge in [-0.25, -0.2) is 0 Å². The molecule has 0 aliphatic carbocycles. The number of rotatable bonds is 2. The molecule has 0 radical (unpaired) electrons. The van der Waals surface area contributed by atoms with Gasteiger partial charge in [0, 0.05) is 6.07 Å². The minimum atomic E-state index is -3.00. The average molecular weight is 186 g/mol. The standard InChI is InChI=1S/C7H4F2N2O2/c8-7(9)13-5-2-1-4(3-10)6(12)11-5/h1-2,7H,(H,11,12). The summed E-state index contributed by atoms with van der Waals surface area (Å²) in [7, 11) is 0. The van der Waals surface area contributed by atoms with E-state index in [1.165, 1.54) is 0 Å². The predicted molar refractivity (Wildman–Crippen MR) is 38.4 cm³/mol. The molecule has 0 aromatic carbocycles. The molecular formula is C7H4F2N2O2. The lowest BCUT2D eigenvalue weighted by atomic mass is 10.3. The molecule has 1 aromatic heterocycles.